The lowest BCUT2D eigenvalue weighted by Crippen LogP contribution is -2.16. The highest BCUT2D eigenvalue weighted by atomic mass is 19.4. The van der Waals surface area contributed by atoms with Crippen LogP contribution in [0.3, 0.4) is 0 Å². The lowest BCUT2D eigenvalue weighted by molar-refractivity contribution is -0.146. The summed E-state index contributed by atoms with van der Waals surface area (Å²) < 4.78 is 104. The van der Waals surface area contributed by atoms with Gasteiger partial charge in [0.15, 0.2) is 0 Å². The van der Waals surface area contributed by atoms with E-state index in [1.54, 1.807) is 0 Å². The summed E-state index contributed by atoms with van der Waals surface area (Å²) in [7, 11) is 0. The minimum Gasteiger partial charge on any atom is -0.434 e. The molecular formula is C11H8F8O. The van der Waals surface area contributed by atoms with Crippen LogP contribution in [0.1, 0.15) is 23.6 Å². The zero-order valence-electron chi connectivity index (χ0n) is 9.87. The molecule has 9 heteroatoms. The molecule has 1 aromatic carbocycles. The van der Waals surface area contributed by atoms with Crippen LogP contribution in [-0.4, -0.2) is 6.61 Å². The van der Waals surface area contributed by atoms with Gasteiger partial charge in [0, 0.05) is 0 Å². The summed E-state index contributed by atoms with van der Waals surface area (Å²) in [6, 6.07) is 0.129. The van der Waals surface area contributed by atoms with Crippen LogP contribution >= 0.6 is 0 Å². The minimum absolute atomic E-state index is 0.239. The number of halogens is 8. The number of hydrogen-bond donors (Lipinski definition) is 0. The van der Waals surface area contributed by atoms with Crippen molar-refractivity contribution in [1.82, 2.24) is 0 Å². The Morgan fingerprint density at radius 3 is 1.90 bits per heavy atom. The SMILES string of the molecule is CCc1cc(C(F)(F)F)cc(C(F)(F)F)c1OC(F)F. The zero-order valence-corrected chi connectivity index (χ0v) is 9.87. The summed E-state index contributed by atoms with van der Waals surface area (Å²) in [6.45, 7) is -2.34. The maximum absolute atomic E-state index is 12.7. The summed E-state index contributed by atoms with van der Waals surface area (Å²) in [4.78, 5) is 0. The Kier molecular flexibility index (Phi) is 4.50. The molecule has 0 spiro atoms. The molecule has 0 N–H and O–H groups in total. The Morgan fingerprint density at radius 1 is 1.00 bits per heavy atom. The summed E-state index contributed by atoms with van der Waals surface area (Å²) >= 11 is 0. The van der Waals surface area contributed by atoms with E-state index in [1.165, 1.54) is 6.92 Å². The third kappa shape index (κ3) is 3.73. The van der Waals surface area contributed by atoms with Gasteiger partial charge in [-0.15, -0.1) is 0 Å². The van der Waals surface area contributed by atoms with Gasteiger partial charge in [-0.2, -0.15) is 35.1 Å². The van der Waals surface area contributed by atoms with Gasteiger partial charge in [0.2, 0.25) is 0 Å². The van der Waals surface area contributed by atoms with Gasteiger partial charge in [-0.1, -0.05) is 6.92 Å². The number of rotatable bonds is 3. The number of hydrogen-bond acceptors (Lipinski definition) is 1. The topological polar surface area (TPSA) is 9.23 Å². The molecule has 0 fully saturated rings. The van der Waals surface area contributed by atoms with E-state index in [0.29, 0.717) is 6.07 Å². The Balaban J connectivity index is 3.56. The van der Waals surface area contributed by atoms with Crippen LogP contribution in [0.2, 0.25) is 0 Å². The molecule has 1 rings (SSSR count). The average molecular weight is 308 g/mol. The number of aryl methyl sites for hydroxylation is 1. The van der Waals surface area contributed by atoms with Crippen LogP contribution in [0, 0.1) is 0 Å². The number of ether oxygens (including phenoxy) is 1. The van der Waals surface area contributed by atoms with E-state index in [2.05, 4.69) is 4.74 Å². The monoisotopic (exact) mass is 308 g/mol. The highest BCUT2D eigenvalue weighted by Gasteiger charge is 2.40. The number of alkyl halides is 8. The molecular weight excluding hydrogens is 300 g/mol. The molecule has 0 aliphatic carbocycles. The first kappa shape index (κ1) is 16.5. The van der Waals surface area contributed by atoms with Crippen LogP contribution in [0.5, 0.6) is 5.75 Å². The number of benzene rings is 1. The molecule has 20 heavy (non-hydrogen) atoms. The van der Waals surface area contributed by atoms with Gasteiger partial charge in [-0.05, 0) is 24.1 Å². The molecule has 1 aromatic rings. The van der Waals surface area contributed by atoms with Gasteiger partial charge in [0.05, 0.1) is 11.1 Å². The molecule has 114 valence electrons. The normalized spacial score (nSPS) is 12.9. The highest BCUT2D eigenvalue weighted by Crippen LogP contribution is 2.43. The van der Waals surface area contributed by atoms with Crippen molar-refractivity contribution in [1.29, 1.82) is 0 Å². The van der Waals surface area contributed by atoms with Crippen LogP contribution in [0.25, 0.3) is 0 Å². The maximum Gasteiger partial charge on any atom is 0.419 e. The lowest BCUT2D eigenvalue weighted by atomic mass is 10.0. The fraction of sp³-hybridized carbons (Fsp3) is 0.455. The Labute approximate surface area is 108 Å². The van der Waals surface area contributed by atoms with E-state index in [-0.39, 0.29) is 12.5 Å². The Hall–Kier alpha value is -1.54. The molecule has 0 saturated carbocycles. The van der Waals surface area contributed by atoms with Crippen molar-refractivity contribution in [3.05, 3.63) is 28.8 Å². The summed E-state index contributed by atoms with van der Waals surface area (Å²) in [5.41, 5.74) is -4.03. The Bertz CT molecular complexity index is 475. The van der Waals surface area contributed by atoms with Crippen molar-refractivity contribution >= 4 is 0 Å². The first-order valence-electron chi connectivity index (χ1n) is 5.23. The van der Waals surface area contributed by atoms with Gasteiger partial charge in [0.25, 0.3) is 0 Å². The second-order valence-electron chi connectivity index (χ2n) is 3.74. The standard InChI is InChI=1S/C11H8F8O/c1-2-5-3-6(10(14,15)16)4-7(11(17,18)19)8(5)20-9(12)13/h3-4,9H,2H2,1H3. The third-order valence-electron chi connectivity index (χ3n) is 2.39. The molecule has 0 bridgehead atoms. The van der Waals surface area contributed by atoms with Crippen molar-refractivity contribution < 1.29 is 39.9 Å². The Morgan fingerprint density at radius 2 is 1.55 bits per heavy atom. The van der Waals surface area contributed by atoms with Crippen molar-refractivity contribution in [3.63, 3.8) is 0 Å². The first-order chi connectivity index (χ1) is 8.96. The molecule has 0 aliphatic heterocycles. The molecule has 1 nitrogen and oxygen atoms in total. The third-order valence-corrected chi connectivity index (χ3v) is 2.39. The predicted octanol–water partition coefficient (Wildman–Crippen LogP) is 4.89. The molecule has 0 amide bonds. The molecule has 0 aliphatic rings. The van der Waals surface area contributed by atoms with E-state index >= 15 is 0 Å². The summed E-state index contributed by atoms with van der Waals surface area (Å²) in [5.74, 6) is -1.27. The lowest BCUT2D eigenvalue weighted by Gasteiger charge is -2.19. The van der Waals surface area contributed by atoms with Crippen LogP contribution in [-0.2, 0) is 18.8 Å². The smallest absolute Gasteiger partial charge is 0.419 e. The molecule has 0 aromatic heterocycles. The molecule has 0 saturated heterocycles. The fourth-order valence-corrected chi connectivity index (χ4v) is 1.55. The molecule has 0 unspecified atom stereocenters. The van der Waals surface area contributed by atoms with Crippen molar-refractivity contribution in [2.24, 2.45) is 0 Å². The van der Waals surface area contributed by atoms with Gasteiger partial charge in [0.1, 0.15) is 5.75 Å². The van der Waals surface area contributed by atoms with Crippen LogP contribution in [0.15, 0.2) is 12.1 Å². The van der Waals surface area contributed by atoms with Crippen molar-refractivity contribution in [2.45, 2.75) is 32.3 Å². The van der Waals surface area contributed by atoms with E-state index < -0.39 is 41.4 Å². The molecule has 0 radical (unpaired) electrons. The molecule has 0 atom stereocenters. The van der Waals surface area contributed by atoms with E-state index in [9.17, 15) is 35.1 Å². The van der Waals surface area contributed by atoms with E-state index in [1.807, 2.05) is 0 Å². The first-order valence-corrected chi connectivity index (χ1v) is 5.23. The van der Waals surface area contributed by atoms with Gasteiger partial charge in [-0.3, -0.25) is 0 Å². The van der Waals surface area contributed by atoms with Crippen LogP contribution < -0.4 is 4.74 Å². The maximum atomic E-state index is 12.7. The zero-order chi connectivity index (χ0) is 15.7. The van der Waals surface area contributed by atoms with Crippen molar-refractivity contribution in [2.75, 3.05) is 0 Å². The van der Waals surface area contributed by atoms with E-state index in [4.69, 9.17) is 0 Å². The van der Waals surface area contributed by atoms with Gasteiger partial charge < -0.3 is 4.74 Å². The molecule has 0 heterocycles. The highest BCUT2D eigenvalue weighted by molar-refractivity contribution is 5.47. The fourth-order valence-electron chi connectivity index (χ4n) is 1.55. The van der Waals surface area contributed by atoms with Gasteiger partial charge >= 0.3 is 19.0 Å². The summed E-state index contributed by atoms with van der Waals surface area (Å²) in [5, 5.41) is 0. The summed E-state index contributed by atoms with van der Waals surface area (Å²) in [6.07, 6.45) is -10.6. The second kappa shape index (κ2) is 5.45. The van der Waals surface area contributed by atoms with Crippen molar-refractivity contribution in [3.8, 4) is 5.75 Å². The quantitative estimate of drug-likeness (QED) is 0.723. The minimum atomic E-state index is -5.24. The van der Waals surface area contributed by atoms with Crippen LogP contribution in [0.4, 0.5) is 35.1 Å². The second-order valence-corrected chi connectivity index (χ2v) is 3.74. The van der Waals surface area contributed by atoms with Gasteiger partial charge in [-0.25, -0.2) is 0 Å². The predicted molar refractivity (Wildman–Crippen MR) is 52.5 cm³/mol. The largest absolute Gasteiger partial charge is 0.434 e. The average Bonchev–Trinajstić information content (AvgIpc) is 2.25. The van der Waals surface area contributed by atoms with E-state index in [0.717, 1.165) is 0 Å².